The number of fused-ring (bicyclic) bond motifs is 1. The highest BCUT2D eigenvalue weighted by molar-refractivity contribution is 7.17. The van der Waals surface area contributed by atoms with Crippen molar-refractivity contribution in [1.82, 2.24) is 4.98 Å². The zero-order valence-corrected chi connectivity index (χ0v) is 32.7. The molecule has 4 aromatic rings. The molecular weight excluding hydrogens is 787 g/mol. The first-order valence-electron chi connectivity index (χ1n) is 18.9. The van der Waals surface area contributed by atoms with Crippen LogP contribution in [0.15, 0.2) is 91.5 Å². The number of nitrogens with zero attached hydrogens (tertiary/aromatic N) is 1. The zero-order chi connectivity index (χ0) is 41.7. The molecule has 16 heteroatoms. The molecule has 6 rings (SSSR count). The van der Waals surface area contributed by atoms with E-state index >= 15 is 0 Å². The molecule has 0 aliphatic heterocycles. The van der Waals surface area contributed by atoms with Gasteiger partial charge < -0.3 is 37.9 Å². The second-order valence-corrected chi connectivity index (χ2v) is 14.5. The topological polar surface area (TPSA) is 189 Å². The Bertz CT molecular complexity index is 2010. The summed E-state index contributed by atoms with van der Waals surface area (Å²) in [5.41, 5.74) is 1.97. The Morgan fingerprint density at radius 3 is 1.29 bits per heavy atom. The molecule has 2 fully saturated rings. The fraction of sp³-hybridized carbons (Fsp3) is 0.326. The fourth-order valence-corrected chi connectivity index (χ4v) is 7.37. The summed E-state index contributed by atoms with van der Waals surface area (Å²) in [5.74, 6) is -2.41. The van der Waals surface area contributed by atoms with E-state index in [1.165, 1.54) is 11.3 Å². The van der Waals surface area contributed by atoms with Gasteiger partial charge in [0, 0.05) is 12.2 Å². The highest BCUT2D eigenvalue weighted by Gasteiger charge is 2.34. The van der Waals surface area contributed by atoms with Crippen LogP contribution in [0.4, 0.5) is 0 Å². The average molecular weight is 828 g/mol. The van der Waals surface area contributed by atoms with Gasteiger partial charge in [-0.15, -0.1) is 11.3 Å². The van der Waals surface area contributed by atoms with Gasteiger partial charge in [0.2, 0.25) is 13.6 Å². The first-order valence-corrected chi connectivity index (χ1v) is 19.7. The summed E-state index contributed by atoms with van der Waals surface area (Å²) in [6.45, 7) is 6.05. The van der Waals surface area contributed by atoms with Crippen molar-refractivity contribution in [3.8, 4) is 34.5 Å². The molecule has 0 radical (unpaired) electrons. The van der Waals surface area contributed by atoms with Gasteiger partial charge in [-0.3, -0.25) is 19.2 Å². The smallest absolute Gasteiger partial charge is 0.333 e. The van der Waals surface area contributed by atoms with Crippen molar-refractivity contribution in [2.45, 2.75) is 51.4 Å². The molecule has 1 heterocycles. The van der Waals surface area contributed by atoms with Gasteiger partial charge in [-0.1, -0.05) is 13.2 Å². The van der Waals surface area contributed by atoms with E-state index < -0.39 is 47.7 Å². The van der Waals surface area contributed by atoms with E-state index in [1.807, 2.05) is 0 Å². The van der Waals surface area contributed by atoms with E-state index in [1.54, 1.807) is 66.2 Å². The van der Waals surface area contributed by atoms with Crippen LogP contribution in [-0.4, -0.2) is 54.4 Å². The molecule has 0 atom stereocenters. The molecule has 2 aliphatic rings. The number of hydrogen-bond acceptors (Lipinski definition) is 16. The van der Waals surface area contributed by atoms with Gasteiger partial charge in [0.1, 0.15) is 33.2 Å². The van der Waals surface area contributed by atoms with Crippen molar-refractivity contribution in [1.29, 1.82) is 0 Å². The standard InChI is InChI=1S/C43H41NO14S/c1-3-36(45)53-24-51-30-13-17-32(18-14-30)55-40(47)26-5-9-28(10-6-26)42(49)57-34-21-22-35(39-38(34)44-23-59-39)58-43(50)29-11-7-27(8-12-29)41(48)56-33-19-15-31(16-20-33)52-25-54-37(46)4-2/h3-4,13-23,26-29H,1-2,5-12,24-25H2. The lowest BCUT2D eigenvalue weighted by molar-refractivity contribution is -0.145. The van der Waals surface area contributed by atoms with Crippen LogP contribution in [0.25, 0.3) is 10.2 Å². The summed E-state index contributed by atoms with van der Waals surface area (Å²) in [6.07, 6.45) is 5.60. The number of carbonyl (C=O) groups is 6. The van der Waals surface area contributed by atoms with Crippen molar-refractivity contribution in [3.63, 3.8) is 0 Å². The van der Waals surface area contributed by atoms with Gasteiger partial charge in [-0.25, -0.2) is 14.6 Å². The number of rotatable bonds is 16. The monoisotopic (exact) mass is 827 g/mol. The predicted molar refractivity (Wildman–Crippen MR) is 210 cm³/mol. The molecule has 0 N–H and O–H groups in total. The highest BCUT2D eigenvalue weighted by atomic mass is 32.1. The summed E-state index contributed by atoms with van der Waals surface area (Å²) in [4.78, 5) is 78.9. The fourth-order valence-electron chi connectivity index (χ4n) is 6.61. The molecule has 15 nitrogen and oxygen atoms in total. The predicted octanol–water partition coefficient (Wildman–Crippen LogP) is 7.06. The lowest BCUT2D eigenvalue weighted by Crippen LogP contribution is -2.30. The van der Waals surface area contributed by atoms with Crippen molar-refractivity contribution in [2.75, 3.05) is 13.6 Å². The Morgan fingerprint density at radius 1 is 0.525 bits per heavy atom. The van der Waals surface area contributed by atoms with Crippen LogP contribution in [0.5, 0.6) is 34.5 Å². The SMILES string of the molecule is C=CC(=O)OCOc1ccc(OC(=O)C2CCC(C(=O)Oc3ccc(OC(=O)C4CCC(C(=O)Oc5ccc(OCOC(=O)C=C)cc5)CC4)c4scnc34)CC2)cc1. The maximum absolute atomic E-state index is 13.2. The Kier molecular flexibility index (Phi) is 14.4. The molecule has 59 heavy (non-hydrogen) atoms. The lowest BCUT2D eigenvalue weighted by Gasteiger charge is -2.26. The van der Waals surface area contributed by atoms with E-state index in [0.717, 1.165) is 12.2 Å². The normalized spacial score (nSPS) is 18.6. The van der Waals surface area contributed by atoms with E-state index in [9.17, 15) is 28.8 Å². The van der Waals surface area contributed by atoms with Gasteiger partial charge in [-0.05, 0) is 112 Å². The van der Waals surface area contributed by atoms with Gasteiger partial charge in [0.25, 0.3) is 0 Å². The van der Waals surface area contributed by atoms with Gasteiger partial charge in [0.15, 0.2) is 11.5 Å². The summed E-state index contributed by atoms with van der Waals surface area (Å²) in [7, 11) is 0. The van der Waals surface area contributed by atoms with Gasteiger partial charge in [-0.2, -0.15) is 0 Å². The van der Waals surface area contributed by atoms with Crippen LogP contribution in [0.2, 0.25) is 0 Å². The molecule has 0 spiro atoms. The second-order valence-electron chi connectivity index (χ2n) is 13.7. The van der Waals surface area contributed by atoms with E-state index in [-0.39, 0.29) is 31.2 Å². The first kappa shape index (κ1) is 42.1. The van der Waals surface area contributed by atoms with Gasteiger partial charge >= 0.3 is 35.8 Å². The summed E-state index contributed by atoms with van der Waals surface area (Å²) >= 11 is 1.25. The Balaban J connectivity index is 0.926. The zero-order valence-electron chi connectivity index (χ0n) is 31.9. The number of carbonyl (C=O) groups excluding carboxylic acids is 6. The van der Waals surface area contributed by atoms with Crippen LogP contribution in [0.3, 0.4) is 0 Å². The minimum Gasteiger partial charge on any atom is -0.457 e. The number of aromatic nitrogens is 1. The van der Waals surface area contributed by atoms with Crippen LogP contribution < -0.4 is 28.4 Å². The first-order chi connectivity index (χ1) is 28.6. The molecule has 1 aromatic heterocycles. The van der Waals surface area contributed by atoms with Crippen molar-refractivity contribution >= 4 is 57.4 Å². The Morgan fingerprint density at radius 2 is 0.881 bits per heavy atom. The highest BCUT2D eigenvalue weighted by Crippen LogP contribution is 2.39. The van der Waals surface area contributed by atoms with Crippen LogP contribution in [-0.2, 0) is 38.2 Å². The molecule has 2 aliphatic carbocycles. The molecule has 0 saturated heterocycles. The second kappa shape index (κ2) is 20.2. The quantitative estimate of drug-likeness (QED) is 0.0483. The Hall–Kier alpha value is -6.55. The third kappa shape index (κ3) is 11.5. The summed E-state index contributed by atoms with van der Waals surface area (Å²) in [5, 5.41) is 0. The summed E-state index contributed by atoms with van der Waals surface area (Å²) < 4.78 is 43.4. The number of hydrogen-bond donors (Lipinski definition) is 0. The lowest BCUT2D eigenvalue weighted by atomic mass is 9.82. The number of thiazole rings is 1. The van der Waals surface area contributed by atoms with Crippen LogP contribution >= 0.6 is 11.3 Å². The average Bonchev–Trinajstić information content (AvgIpc) is 3.77. The molecule has 3 aromatic carbocycles. The third-order valence-corrected chi connectivity index (χ3v) is 10.7. The molecular formula is C43H41NO14S. The third-order valence-electron chi connectivity index (χ3n) is 9.89. The molecule has 2 saturated carbocycles. The molecule has 0 bridgehead atoms. The minimum atomic E-state index is -0.608. The maximum Gasteiger partial charge on any atom is 0.333 e. The largest absolute Gasteiger partial charge is 0.457 e. The van der Waals surface area contributed by atoms with E-state index in [4.69, 9.17) is 37.9 Å². The van der Waals surface area contributed by atoms with Gasteiger partial charge in [0.05, 0.1) is 29.2 Å². The van der Waals surface area contributed by atoms with Crippen molar-refractivity contribution in [2.24, 2.45) is 23.7 Å². The van der Waals surface area contributed by atoms with Crippen LogP contribution in [0.1, 0.15) is 51.4 Å². The molecule has 308 valence electrons. The summed E-state index contributed by atoms with van der Waals surface area (Å²) in [6, 6.07) is 15.7. The number of esters is 6. The number of benzene rings is 3. The van der Waals surface area contributed by atoms with E-state index in [0.29, 0.717) is 90.3 Å². The van der Waals surface area contributed by atoms with E-state index in [2.05, 4.69) is 18.1 Å². The minimum absolute atomic E-state index is 0.245. The molecule has 0 unspecified atom stereocenters. The van der Waals surface area contributed by atoms with Crippen LogP contribution in [0, 0.1) is 23.7 Å². The number of ether oxygens (including phenoxy) is 8. The Labute approximate surface area is 342 Å². The molecule has 0 amide bonds. The van der Waals surface area contributed by atoms with Crippen molar-refractivity contribution < 1.29 is 66.7 Å². The maximum atomic E-state index is 13.2. The van der Waals surface area contributed by atoms with Crippen molar-refractivity contribution in [3.05, 3.63) is 91.5 Å².